The van der Waals surface area contributed by atoms with Crippen molar-refractivity contribution in [2.24, 2.45) is 5.92 Å². The normalized spacial score (nSPS) is 15.5. The summed E-state index contributed by atoms with van der Waals surface area (Å²) >= 11 is 0. The minimum absolute atomic E-state index is 0.776. The Morgan fingerprint density at radius 1 is 1.47 bits per heavy atom. The van der Waals surface area contributed by atoms with Gasteiger partial charge in [0.15, 0.2) is 0 Å². The number of nitrogens with one attached hydrogen (secondary N) is 1. The monoisotopic (exact) mass is 210 g/mol. The average molecular weight is 210 g/mol. The Balaban J connectivity index is 2.00. The van der Waals surface area contributed by atoms with Crippen LogP contribution in [-0.4, -0.2) is 51.3 Å². The predicted molar refractivity (Wildman–Crippen MR) is 62.7 cm³/mol. The van der Waals surface area contributed by atoms with Crippen molar-refractivity contribution in [1.82, 2.24) is 10.2 Å². The van der Waals surface area contributed by atoms with Gasteiger partial charge in [-0.3, -0.25) is 4.90 Å². The molecule has 0 aromatic carbocycles. The van der Waals surface area contributed by atoms with E-state index in [1.54, 1.807) is 7.11 Å². The minimum atomic E-state index is 0.776. The first kappa shape index (κ1) is 12.5. The molecule has 0 bridgehead atoms. The highest BCUT2D eigenvalue weighted by Gasteiger charge is 2.23. The summed E-state index contributed by atoms with van der Waals surface area (Å²) in [5.41, 5.74) is 0. The van der Waals surface area contributed by atoms with E-state index in [-0.39, 0.29) is 0 Å². The molecule has 86 valence electrons. The van der Waals surface area contributed by atoms with Crippen LogP contribution in [-0.2, 0) is 4.74 Å². The molecule has 1 aliphatic rings. The molecule has 1 rings (SSSR count). The number of methoxy groups -OCH3 is 1. The van der Waals surface area contributed by atoms with Crippen LogP contribution in [0.1, 0.15) is 12.8 Å². The van der Waals surface area contributed by atoms with Crippen molar-refractivity contribution in [3.05, 3.63) is 0 Å². The maximum Gasteiger partial charge on any atom is 0.0599 e. The van der Waals surface area contributed by atoms with E-state index in [4.69, 9.17) is 11.2 Å². The third-order valence-corrected chi connectivity index (χ3v) is 2.62. The highest BCUT2D eigenvalue weighted by molar-refractivity contribution is 4.90. The third kappa shape index (κ3) is 6.51. The second kappa shape index (κ2) is 7.70. The van der Waals surface area contributed by atoms with Gasteiger partial charge in [0.25, 0.3) is 0 Å². The fourth-order valence-corrected chi connectivity index (χ4v) is 1.57. The first-order chi connectivity index (χ1) is 7.36. The highest BCUT2D eigenvalue weighted by Crippen LogP contribution is 2.29. The van der Waals surface area contributed by atoms with E-state index in [1.807, 2.05) is 0 Å². The van der Waals surface area contributed by atoms with Gasteiger partial charge >= 0.3 is 0 Å². The van der Waals surface area contributed by atoms with Crippen molar-refractivity contribution in [1.29, 1.82) is 0 Å². The predicted octanol–water partition coefficient (Wildman–Crippen LogP) is 0.568. The highest BCUT2D eigenvalue weighted by atomic mass is 16.5. The van der Waals surface area contributed by atoms with Gasteiger partial charge in [-0.25, -0.2) is 0 Å². The molecule has 15 heavy (non-hydrogen) atoms. The van der Waals surface area contributed by atoms with Crippen LogP contribution in [0.15, 0.2) is 0 Å². The van der Waals surface area contributed by atoms with Gasteiger partial charge < -0.3 is 10.1 Å². The molecule has 0 aromatic heterocycles. The molecule has 0 atom stereocenters. The van der Waals surface area contributed by atoms with Gasteiger partial charge in [-0.2, -0.15) is 0 Å². The van der Waals surface area contributed by atoms with Gasteiger partial charge in [0.05, 0.1) is 13.2 Å². The Morgan fingerprint density at radius 2 is 2.27 bits per heavy atom. The average Bonchev–Trinajstić information content (AvgIpc) is 3.01. The molecular formula is C12H22N2O. The number of nitrogens with zero attached hydrogens (tertiary/aromatic N) is 1. The van der Waals surface area contributed by atoms with Crippen molar-refractivity contribution in [2.45, 2.75) is 12.8 Å². The fraction of sp³-hybridized carbons (Fsp3) is 0.833. The Hall–Kier alpha value is -0.560. The van der Waals surface area contributed by atoms with Crippen LogP contribution in [0.2, 0.25) is 0 Å². The van der Waals surface area contributed by atoms with Gasteiger partial charge in [0.1, 0.15) is 0 Å². The lowest BCUT2D eigenvalue weighted by Crippen LogP contribution is -2.34. The second-order valence-corrected chi connectivity index (χ2v) is 4.13. The zero-order chi connectivity index (χ0) is 10.9. The van der Waals surface area contributed by atoms with Crippen LogP contribution < -0.4 is 5.32 Å². The molecule has 3 heteroatoms. The van der Waals surface area contributed by atoms with Gasteiger partial charge in [-0.1, -0.05) is 5.92 Å². The molecular weight excluding hydrogens is 188 g/mol. The maximum atomic E-state index is 5.35. The summed E-state index contributed by atoms with van der Waals surface area (Å²) in [4.78, 5) is 2.36. The summed E-state index contributed by atoms with van der Waals surface area (Å²) in [5.74, 6) is 3.64. The summed E-state index contributed by atoms with van der Waals surface area (Å²) in [5, 5.41) is 3.33. The van der Waals surface area contributed by atoms with Crippen molar-refractivity contribution in [3.63, 3.8) is 0 Å². The van der Waals surface area contributed by atoms with E-state index in [2.05, 4.69) is 16.1 Å². The van der Waals surface area contributed by atoms with E-state index in [0.29, 0.717) is 0 Å². The summed E-state index contributed by atoms with van der Waals surface area (Å²) in [6.07, 6.45) is 8.12. The number of ether oxygens (including phenoxy) is 1. The van der Waals surface area contributed by atoms with E-state index >= 15 is 0 Å². The van der Waals surface area contributed by atoms with E-state index in [0.717, 1.165) is 38.7 Å². The number of rotatable bonds is 9. The van der Waals surface area contributed by atoms with Crippen LogP contribution >= 0.6 is 0 Å². The first-order valence-corrected chi connectivity index (χ1v) is 5.72. The zero-order valence-electron chi connectivity index (χ0n) is 9.67. The molecule has 0 amide bonds. The molecule has 0 aliphatic heterocycles. The SMILES string of the molecule is C#CCN(CCNCCOC)CC1CC1. The van der Waals surface area contributed by atoms with Crippen molar-refractivity contribution < 1.29 is 4.74 Å². The summed E-state index contributed by atoms with van der Waals surface area (Å²) in [7, 11) is 1.72. The molecule has 1 saturated carbocycles. The second-order valence-electron chi connectivity index (χ2n) is 4.13. The zero-order valence-corrected chi connectivity index (χ0v) is 9.67. The largest absolute Gasteiger partial charge is 0.383 e. The fourth-order valence-electron chi connectivity index (χ4n) is 1.57. The quantitative estimate of drug-likeness (QED) is 0.445. The lowest BCUT2D eigenvalue weighted by molar-refractivity contribution is 0.197. The molecule has 0 radical (unpaired) electrons. The number of terminal acetylenes is 1. The van der Waals surface area contributed by atoms with Crippen LogP contribution in [0.25, 0.3) is 0 Å². The van der Waals surface area contributed by atoms with Crippen molar-refractivity contribution >= 4 is 0 Å². The van der Waals surface area contributed by atoms with Gasteiger partial charge in [0.2, 0.25) is 0 Å². The molecule has 0 spiro atoms. The Labute approximate surface area is 93.2 Å². The molecule has 1 fully saturated rings. The summed E-state index contributed by atoms with van der Waals surface area (Å²) in [6, 6.07) is 0. The van der Waals surface area contributed by atoms with E-state index in [1.165, 1.54) is 19.4 Å². The van der Waals surface area contributed by atoms with Crippen LogP contribution in [0.5, 0.6) is 0 Å². The van der Waals surface area contributed by atoms with Gasteiger partial charge in [0, 0.05) is 33.3 Å². The summed E-state index contributed by atoms with van der Waals surface area (Å²) < 4.78 is 4.96. The summed E-state index contributed by atoms with van der Waals surface area (Å²) in [6.45, 7) is 5.70. The Bertz CT molecular complexity index is 196. The maximum absolute atomic E-state index is 5.35. The first-order valence-electron chi connectivity index (χ1n) is 5.72. The molecule has 0 aromatic rings. The smallest absolute Gasteiger partial charge is 0.0599 e. The van der Waals surface area contributed by atoms with Crippen LogP contribution in [0.3, 0.4) is 0 Å². The molecule has 3 nitrogen and oxygen atoms in total. The number of hydrogen-bond acceptors (Lipinski definition) is 3. The number of hydrogen-bond donors (Lipinski definition) is 1. The molecule has 1 N–H and O–H groups in total. The lowest BCUT2D eigenvalue weighted by Gasteiger charge is -2.19. The Morgan fingerprint density at radius 3 is 2.87 bits per heavy atom. The molecule has 0 saturated heterocycles. The van der Waals surface area contributed by atoms with Crippen molar-refractivity contribution in [3.8, 4) is 12.3 Å². The standard InChI is InChI=1S/C12H22N2O/c1-3-8-14(11-12-4-5-12)9-6-13-7-10-15-2/h1,12-13H,4-11H2,2H3. The molecule has 1 aliphatic carbocycles. The lowest BCUT2D eigenvalue weighted by atomic mass is 10.3. The minimum Gasteiger partial charge on any atom is -0.383 e. The van der Waals surface area contributed by atoms with Crippen LogP contribution in [0.4, 0.5) is 0 Å². The van der Waals surface area contributed by atoms with Gasteiger partial charge in [-0.05, 0) is 18.8 Å². The molecule has 0 unspecified atom stereocenters. The van der Waals surface area contributed by atoms with Crippen molar-refractivity contribution in [2.75, 3.05) is 46.4 Å². The van der Waals surface area contributed by atoms with Gasteiger partial charge in [-0.15, -0.1) is 6.42 Å². The Kier molecular flexibility index (Phi) is 6.42. The van der Waals surface area contributed by atoms with E-state index in [9.17, 15) is 0 Å². The topological polar surface area (TPSA) is 24.5 Å². The van der Waals surface area contributed by atoms with E-state index < -0.39 is 0 Å². The van der Waals surface area contributed by atoms with Crippen LogP contribution in [0, 0.1) is 18.3 Å². The third-order valence-electron chi connectivity index (χ3n) is 2.62. The molecule has 0 heterocycles.